The van der Waals surface area contributed by atoms with E-state index in [0.717, 1.165) is 38.4 Å². The molecule has 0 aliphatic carbocycles. The van der Waals surface area contributed by atoms with Gasteiger partial charge in [-0.3, -0.25) is 4.90 Å². The molecule has 1 aliphatic heterocycles. The molecule has 27 heavy (non-hydrogen) atoms. The van der Waals surface area contributed by atoms with Crippen molar-refractivity contribution in [2.45, 2.75) is 39.9 Å². The van der Waals surface area contributed by atoms with Crippen LogP contribution in [0.4, 0.5) is 4.79 Å². The van der Waals surface area contributed by atoms with Gasteiger partial charge in [0.25, 0.3) is 0 Å². The molecule has 2 aromatic rings. The third kappa shape index (κ3) is 5.07. The summed E-state index contributed by atoms with van der Waals surface area (Å²) < 4.78 is 1.95. The minimum atomic E-state index is -0.0574. The van der Waals surface area contributed by atoms with Crippen LogP contribution in [0.3, 0.4) is 0 Å². The molecule has 0 spiro atoms. The average Bonchev–Trinajstić information content (AvgIpc) is 3.30. The van der Waals surface area contributed by atoms with E-state index in [1.807, 2.05) is 11.5 Å². The zero-order valence-electron chi connectivity index (χ0n) is 16.6. The predicted molar refractivity (Wildman–Crippen MR) is 105 cm³/mol. The van der Waals surface area contributed by atoms with E-state index in [1.54, 1.807) is 18.3 Å². The molecule has 0 bridgehead atoms. The van der Waals surface area contributed by atoms with Crippen LogP contribution < -0.4 is 5.32 Å². The van der Waals surface area contributed by atoms with Crippen LogP contribution >= 0.6 is 0 Å². The Labute approximate surface area is 161 Å². The number of aryl methyl sites for hydroxylation is 2. The zero-order chi connectivity index (χ0) is 19.2. The summed E-state index contributed by atoms with van der Waals surface area (Å²) in [5.74, 6) is 1.31. The van der Waals surface area contributed by atoms with E-state index in [4.69, 9.17) is 0 Å². The first-order valence-corrected chi connectivity index (χ1v) is 9.69. The number of hydrogen-bond acceptors (Lipinski definition) is 4. The molecule has 0 unspecified atom stereocenters. The first-order valence-electron chi connectivity index (χ1n) is 9.69. The molecular weight excluding hydrogens is 340 g/mol. The van der Waals surface area contributed by atoms with Crippen molar-refractivity contribution in [3.63, 3.8) is 0 Å². The van der Waals surface area contributed by atoms with Gasteiger partial charge in [0, 0.05) is 33.2 Å². The number of nitrogens with one attached hydrogen (secondary N) is 1. The molecular formula is C20H30N6O. The second kappa shape index (κ2) is 8.99. The van der Waals surface area contributed by atoms with Crippen LogP contribution in [0.15, 0.2) is 30.6 Å². The van der Waals surface area contributed by atoms with Gasteiger partial charge in [0.1, 0.15) is 6.33 Å². The van der Waals surface area contributed by atoms with E-state index in [9.17, 15) is 4.79 Å². The Balaban J connectivity index is 1.42. The highest BCUT2D eigenvalue weighted by atomic mass is 16.2. The fraction of sp³-hybridized carbons (Fsp3) is 0.550. The Morgan fingerprint density at radius 1 is 1.37 bits per heavy atom. The number of benzene rings is 1. The lowest BCUT2D eigenvalue weighted by molar-refractivity contribution is 0.203. The Morgan fingerprint density at radius 3 is 2.96 bits per heavy atom. The van der Waals surface area contributed by atoms with Crippen molar-refractivity contribution in [1.82, 2.24) is 29.9 Å². The van der Waals surface area contributed by atoms with E-state index >= 15 is 0 Å². The molecule has 1 saturated heterocycles. The van der Waals surface area contributed by atoms with Crippen molar-refractivity contribution in [3.8, 4) is 0 Å². The van der Waals surface area contributed by atoms with Gasteiger partial charge < -0.3 is 14.8 Å². The maximum atomic E-state index is 12.4. The Morgan fingerprint density at radius 2 is 2.19 bits per heavy atom. The number of rotatable bonds is 7. The quantitative estimate of drug-likeness (QED) is 0.812. The molecule has 146 valence electrons. The van der Waals surface area contributed by atoms with Crippen molar-refractivity contribution >= 4 is 6.03 Å². The molecule has 2 amide bonds. The Hall–Kier alpha value is -2.41. The fourth-order valence-corrected chi connectivity index (χ4v) is 3.57. The summed E-state index contributed by atoms with van der Waals surface area (Å²) in [4.78, 5) is 16.5. The third-order valence-corrected chi connectivity index (χ3v) is 5.33. The van der Waals surface area contributed by atoms with Gasteiger partial charge in [-0.2, -0.15) is 0 Å². The summed E-state index contributed by atoms with van der Waals surface area (Å²) in [6, 6.07) is 8.50. The number of carbonyl (C=O) groups excluding carboxylic acids is 1. The molecule has 0 saturated carbocycles. The molecule has 1 aromatic heterocycles. The lowest BCUT2D eigenvalue weighted by Crippen LogP contribution is -2.40. The van der Waals surface area contributed by atoms with Gasteiger partial charge in [-0.1, -0.05) is 24.3 Å². The van der Waals surface area contributed by atoms with Crippen molar-refractivity contribution < 1.29 is 4.79 Å². The normalized spacial score (nSPS) is 17.2. The van der Waals surface area contributed by atoms with E-state index < -0.39 is 0 Å². The van der Waals surface area contributed by atoms with Crippen LogP contribution in [0.25, 0.3) is 0 Å². The first-order chi connectivity index (χ1) is 13.1. The summed E-state index contributed by atoms with van der Waals surface area (Å²) >= 11 is 0. The van der Waals surface area contributed by atoms with Crippen LogP contribution in [0, 0.1) is 12.8 Å². The fourth-order valence-electron chi connectivity index (χ4n) is 3.57. The highest BCUT2D eigenvalue weighted by Gasteiger charge is 2.23. The maximum Gasteiger partial charge on any atom is 0.317 e. The zero-order valence-corrected chi connectivity index (χ0v) is 16.6. The van der Waals surface area contributed by atoms with Gasteiger partial charge in [0.15, 0.2) is 5.82 Å². The van der Waals surface area contributed by atoms with Gasteiger partial charge in [0.2, 0.25) is 0 Å². The number of hydrogen-bond donors (Lipinski definition) is 1. The summed E-state index contributed by atoms with van der Waals surface area (Å²) in [6.07, 6.45) is 2.82. The summed E-state index contributed by atoms with van der Waals surface area (Å²) in [6.45, 7) is 9.29. The lowest BCUT2D eigenvalue weighted by Gasteiger charge is -2.20. The van der Waals surface area contributed by atoms with Gasteiger partial charge in [-0.25, -0.2) is 4.79 Å². The van der Waals surface area contributed by atoms with Crippen LogP contribution in [0.2, 0.25) is 0 Å². The van der Waals surface area contributed by atoms with Crippen molar-refractivity contribution in [2.24, 2.45) is 5.92 Å². The highest BCUT2D eigenvalue weighted by molar-refractivity contribution is 5.73. The van der Waals surface area contributed by atoms with Gasteiger partial charge in [0.05, 0.1) is 6.54 Å². The monoisotopic (exact) mass is 370 g/mol. The van der Waals surface area contributed by atoms with Gasteiger partial charge in [-0.15, -0.1) is 10.2 Å². The van der Waals surface area contributed by atoms with E-state index in [0.29, 0.717) is 19.0 Å². The standard InChI is InChI=1S/C20H30N6O/c1-4-26-15-22-23-19(26)14-24(3)20(27)21-11-17-9-10-25(12-17)13-18-8-6-5-7-16(18)2/h5-8,15,17H,4,9-14H2,1-3H3,(H,21,27)/t17-/m0/s1. The van der Waals surface area contributed by atoms with Crippen LogP contribution in [-0.4, -0.2) is 57.3 Å². The van der Waals surface area contributed by atoms with Crippen LogP contribution in [-0.2, 0) is 19.6 Å². The minimum Gasteiger partial charge on any atom is -0.338 e. The number of carbonyl (C=O) groups is 1. The smallest absolute Gasteiger partial charge is 0.317 e. The molecule has 0 radical (unpaired) electrons. The van der Waals surface area contributed by atoms with E-state index in [2.05, 4.69) is 51.6 Å². The van der Waals surface area contributed by atoms with Crippen LogP contribution in [0.5, 0.6) is 0 Å². The maximum absolute atomic E-state index is 12.4. The Kier molecular flexibility index (Phi) is 6.45. The van der Waals surface area contributed by atoms with Gasteiger partial charge >= 0.3 is 6.03 Å². The minimum absolute atomic E-state index is 0.0574. The molecule has 3 rings (SSSR count). The van der Waals surface area contributed by atoms with Crippen molar-refractivity contribution in [2.75, 3.05) is 26.7 Å². The van der Waals surface area contributed by atoms with Crippen LogP contribution in [0.1, 0.15) is 30.3 Å². The summed E-state index contributed by atoms with van der Waals surface area (Å²) in [5, 5.41) is 11.1. The van der Waals surface area contributed by atoms with Crippen molar-refractivity contribution in [1.29, 1.82) is 0 Å². The van der Waals surface area contributed by atoms with E-state index in [-0.39, 0.29) is 6.03 Å². The topological polar surface area (TPSA) is 66.3 Å². The molecule has 7 heteroatoms. The molecule has 1 N–H and O–H groups in total. The molecule has 2 heterocycles. The third-order valence-electron chi connectivity index (χ3n) is 5.33. The van der Waals surface area contributed by atoms with Crippen molar-refractivity contribution in [3.05, 3.63) is 47.5 Å². The lowest BCUT2D eigenvalue weighted by atomic mass is 10.1. The molecule has 1 aromatic carbocycles. The predicted octanol–water partition coefficient (Wildman–Crippen LogP) is 2.27. The first kappa shape index (κ1) is 19.4. The highest BCUT2D eigenvalue weighted by Crippen LogP contribution is 2.19. The average molecular weight is 371 g/mol. The molecule has 7 nitrogen and oxygen atoms in total. The molecule has 1 atom stereocenters. The Bertz CT molecular complexity index is 758. The summed E-state index contributed by atoms with van der Waals surface area (Å²) in [7, 11) is 1.79. The number of nitrogens with zero attached hydrogens (tertiary/aromatic N) is 5. The number of amides is 2. The number of likely N-dealkylation sites (tertiary alicyclic amines) is 1. The largest absolute Gasteiger partial charge is 0.338 e. The second-order valence-electron chi connectivity index (χ2n) is 7.39. The number of aromatic nitrogens is 3. The van der Waals surface area contributed by atoms with Gasteiger partial charge in [-0.05, 0) is 43.9 Å². The number of urea groups is 1. The SMILES string of the molecule is CCn1cnnc1CN(C)C(=O)NC[C@@H]1CCN(Cc2ccccc2C)C1. The molecule has 1 fully saturated rings. The second-order valence-corrected chi connectivity index (χ2v) is 7.39. The molecule has 1 aliphatic rings. The van der Waals surface area contributed by atoms with E-state index in [1.165, 1.54) is 11.1 Å². The summed E-state index contributed by atoms with van der Waals surface area (Å²) in [5.41, 5.74) is 2.73.